The minimum absolute atomic E-state index is 0.118. The highest BCUT2D eigenvalue weighted by Gasteiger charge is 2.05. The molecule has 0 heterocycles. The van der Waals surface area contributed by atoms with Gasteiger partial charge < -0.3 is 16.2 Å². The van der Waals surface area contributed by atoms with Gasteiger partial charge in [-0.15, -0.1) is 0 Å². The van der Waals surface area contributed by atoms with E-state index in [2.05, 4.69) is 12.2 Å². The number of hydrogen-bond acceptors (Lipinski definition) is 3. The van der Waals surface area contributed by atoms with Gasteiger partial charge in [0.05, 0.1) is 6.10 Å². The molecule has 1 aromatic rings. The average Bonchev–Trinajstić information content (AvgIpc) is 2.76. The standard InChI is InChI=1S/C26H46N2O2/c1-2-3-4-5-6-7-8-11-14-25(29)15-12-9-10-13-16-26(30)28-22-24-19-17-23(21-27)18-20-24/h17-20,25,29H,2-16,21-22,27H2,1H3,(H,28,30). The van der Waals surface area contributed by atoms with E-state index >= 15 is 0 Å². The number of hydrogen-bond donors (Lipinski definition) is 3. The molecule has 30 heavy (non-hydrogen) atoms. The summed E-state index contributed by atoms with van der Waals surface area (Å²) in [5.74, 6) is 0.118. The highest BCUT2D eigenvalue weighted by atomic mass is 16.3. The van der Waals surface area contributed by atoms with Crippen molar-refractivity contribution in [3.63, 3.8) is 0 Å². The van der Waals surface area contributed by atoms with Gasteiger partial charge in [0.1, 0.15) is 0 Å². The van der Waals surface area contributed by atoms with E-state index in [1.807, 2.05) is 24.3 Å². The first-order valence-electron chi connectivity index (χ1n) is 12.4. The van der Waals surface area contributed by atoms with Crippen LogP contribution in [0.2, 0.25) is 0 Å². The highest BCUT2D eigenvalue weighted by molar-refractivity contribution is 5.75. The molecule has 0 fully saturated rings. The molecule has 172 valence electrons. The van der Waals surface area contributed by atoms with Crippen molar-refractivity contribution >= 4 is 5.91 Å². The molecule has 0 saturated heterocycles. The van der Waals surface area contributed by atoms with E-state index in [9.17, 15) is 9.90 Å². The van der Waals surface area contributed by atoms with Crippen LogP contribution in [0.1, 0.15) is 114 Å². The van der Waals surface area contributed by atoms with Gasteiger partial charge in [0, 0.05) is 19.5 Å². The van der Waals surface area contributed by atoms with E-state index in [-0.39, 0.29) is 12.0 Å². The molecule has 1 amide bonds. The van der Waals surface area contributed by atoms with Crippen LogP contribution in [0.3, 0.4) is 0 Å². The molecule has 0 bridgehead atoms. The number of unbranched alkanes of at least 4 members (excludes halogenated alkanes) is 10. The Bertz CT molecular complexity index is 530. The largest absolute Gasteiger partial charge is 0.393 e. The van der Waals surface area contributed by atoms with E-state index in [0.717, 1.165) is 56.1 Å². The Morgan fingerprint density at radius 1 is 0.833 bits per heavy atom. The summed E-state index contributed by atoms with van der Waals surface area (Å²) in [6.45, 7) is 3.38. The molecule has 1 aromatic carbocycles. The van der Waals surface area contributed by atoms with Crippen LogP contribution in [-0.4, -0.2) is 17.1 Å². The number of aliphatic hydroxyl groups is 1. The van der Waals surface area contributed by atoms with Crippen LogP contribution in [0, 0.1) is 0 Å². The number of nitrogens with two attached hydrogens (primary N) is 1. The van der Waals surface area contributed by atoms with Crippen molar-refractivity contribution < 1.29 is 9.90 Å². The van der Waals surface area contributed by atoms with E-state index in [1.165, 1.54) is 44.9 Å². The fourth-order valence-corrected chi connectivity index (χ4v) is 3.76. The van der Waals surface area contributed by atoms with Gasteiger partial charge in [-0.2, -0.15) is 0 Å². The fraction of sp³-hybridized carbons (Fsp3) is 0.731. The summed E-state index contributed by atoms with van der Waals surface area (Å²) >= 11 is 0. The van der Waals surface area contributed by atoms with Crippen molar-refractivity contribution in [3.05, 3.63) is 35.4 Å². The summed E-state index contributed by atoms with van der Waals surface area (Å²) in [7, 11) is 0. The molecule has 4 N–H and O–H groups in total. The van der Waals surface area contributed by atoms with Crippen molar-refractivity contribution in [3.8, 4) is 0 Å². The maximum atomic E-state index is 12.0. The first kappa shape index (κ1) is 26.6. The fourth-order valence-electron chi connectivity index (χ4n) is 3.76. The number of benzene rings is 1. The molecule has 0 radical (unpaired) electrons. The Kier molecular flexibility index (Phi) is 16.3. The predicted molar refractivity (Wildman–Crippen MR) is 127 cm³/mol. The summed E-state index contributed by atoms with van der Waals surface area (Å²) < 4.78 is 0. The topological polar surface area (TPSA) is 75.3 Å². The maximum absolute atomic E-state index is 12.0. The molecule has 1 rings (SSSR count). The number of aliphatic hydroxyl groups excluding tert-OH is 1. The Hall–Kier alpha value is -1.39. The third-order valence-corrected chi connectivity index (χ3v) is 5.83. The lowest BCUT2D eigenvalue weighted by Crippen LogP contribution is -2.22. The molecule has 4 nitrogen and oxygen atoms in total. The third-order valence-electron chi connectivity index (χ3n) is 5.83. The summed E-state index contributed by atoms with van der Waals surface area (Å²) in [5.41, 5.74) is 7.80. The maximum Gasteiger partial charge on any atom is 0.220 e. The Labute approximate surface area is 185 Å². The second-order valence-corrected chi connectivity index (χ2v) is 8.67. The Morgan fingerprint density at radius 3 is 1.90 bits per heavy atom. The van der Waals surface area contributed by atoms with Crippen molar-refractivity contribution in [2.24, 2.45) is 5.73 Å². The monoisotopic (exact) mass is 418 g/mol. The molecular weight excluding hydrogens is 372 g/mol. The minimum Gasteiger partial charge on any atom is -0.393 e. The van der Waals surface area contributed by atoms with Gasteiger partial charge in [-0.25, -0.2) is 0 Å². The average molecular weight is 419 g/mol. The van der Waals surface area contributed by atoms with E-state index in [1.54, 1.807) is 0 Å². The normalized spacial score (nSPS) is 12.1. The molecule has 1 atom stereocenters. The third kappa shape index (κ3) is 14.6. The van der Waals surface area contributed by atoms with Crippen molar-refractivity contribution in [2.45, 2.75) is 122 Å². The van der Waals surface area contributed by atoms with E-state index in [4.69, 9.17) is 5.73 Å². The van der Waals surface area contributed by atoms with Crippen molar-refractivity contribution in [1.29, 1.82) is 0 Å². The lowest BCUT2D eigenvalue weighted by molar-refractivity contribution is -0.121. The van der Waals surface area contributed by atoms with Crippen molar-refractivity contribution in [2.75, 3.05) is 0 Å². The molecule has 0 aromatic heterocycles. The van der Waals surface area contributed by atoms with Gasteiger partial charge in [0.25, 0.3) is 0 Å². The van der Waals surface area contributed by atoms with Gasteiger partial charge in [0.2, 0.25) is 5.91 Å². The zero-order chi connectivity index (χ0) is 21.9. The molecule has 0 saturated carbocycles. The van der Waals surface area contributed by atoms with Crippen LogP contribution in [-0.2, 0) is 17.9 Å². The predicted octanol–water partition coefficient (Wildman–Crippen LogP) is 5.99. The van der Waals surface area contributed by atoms with Gasteiger partial charge in [-0.3, -0.25) is 4.79 Å². The van der Waals surface area contributed by atoms with Gasteiger partial charge in [0.15, 0.2) is 0 Å². The highest BCUT2D eigenvalue weighted by Crippen LogP contribution is 2.14. The molecule has 0 aliphatic heterocycles. The van der Waals surface area contributed by atoms with Crippen LogP contribution >= 0.6 is 0 Å². The first-order chi connectivity index (χ1) is 14.7. The van der Waals surface area contributed by atoms with E-state index in [0.29, 0.717) is 19.5 Å². The summed E-state index contributed by atoms with van der Waals surface area (Å²) in [4.78, 5) is 12.0. The molecule has 4 heteroatoms. The van der Waals surface area contributed by atoms with E-state index < -0.39 is 0 Å². The van der Waals surface area contributed by atoms with Gasteiger partial charge in [-0.05, 0) is 30.4 Å². The summed E-state index contributed by atoms with van der Waals surface area (Å²) in [5, 5.41) is 13.1. The lowest BCUT2D eigenvalue weighted by Gasteiger charge is -2.10. The number of amides is 1. The molecule has 0 aliphatic carbocycles. The second kappa shape index (κ2) is 18.4. The zero-order valence-electron chi connectivity index (χ0n) is 19.3. The second-order valence-electron chi connectivity index (χ2n) is 8.67. The number of rotatable bonds is 19. The van der Waals surface area contributed by atoms with Gasteiger partial charge in [-0.1, -0.05) is 102 Å². The molecule has 1 unspecified atom stereocenters. The SMILES string of the molecule is CCCCCCCCCCC(O)CCCCCCC(=O)NCc1ccc(CN)cc1. The molecule has 0 aliphatic rings. The quantitative estimate of drug-likeness (QED) is 0.241. The van der Waals surface area contributed by atoms with Crippen molar-refractivity contribution in [1.82, 2.24) is 5.32 Å². The van der Waals surface area contributed by atoms with Crippen LogP contribution in [0.4, 0.5) is 0 Å². The number of carbonyl (C=O) groups excluding carboxylic acids is 1. The first-order valence-corrected chi connectivity index (χ1v) is 12.4. The smallest absolute Gasteiger partial charge is 0.220 e. The Balaban J connectivity index is 1.90. The van der Waals surface area contributed by atoms with Gasteiger partial charge >= 0.3 is 0 Å². The van der Waals surface area contributed by atoms with Crippen LogP contribution in [0.5, 0.6) is 0 Å². The van der Waals surface area contributed by atoms with Crippen LogP contribution in [0.25, 0.3) is 0 Å². The van der Waals surface area contributed by atoms with Crippen LogP contribution in [0.15, 0.2) is 24.3 Å². The summed E-state index contributed by atoms with van der Waals surface area (Å²) in [6, 6.07) is 8.04. The molecule has 0 spiro atoms. The number of nitrogens with one attached hydrogen (secondary N) is 1. The molecular formula is C26H46N2O2. The summed E-state index contributed by atoms with van der Waals surface area (Å²) in [6.07, 6.45) is 17.0. The lowest BCUT2D eigenvalue weighted by atomic mass is 10.0. The minimum atomic E-state index is -0.140. The van der Waals surface area contributed by atoms with Crippen LogP contribution < -0.4 is 11.1 Å². The Morgan fingerprint density at radius 2 is 1.33 bits per heavy atom. The zero-order valence-corrected chi connectivity index (χ0v) is 19.3. The number of carbonyl (C=O) groups is 1.